The van der Waals surface area contributed by atoms with Gasteiger partial charge in [-0.15, -0.1) is 0 Å². The molecule has 0 aromatic carbocycles. The second-order valence-electron chi connectivity index (χ2n) is 10.3. The topological polar surface area (TPSA) is 9.23 Å². The predicted molar refractivity (Wildman–Crippen MR) is 117 cm³/mol. The highest BCUT2D eigenvalue weighted by atomic mass is 16.5. The van der Waals surface area contributed by atoms with E-state index in [1.165, 1.54) is 83.5 Å². The lowest BCUT2D eigenvalue weighted by atomic mass is 9.56. The van der Waals surface area contributed by atoms with Crippen LogP contribution in [0.15, 0.2) is 0 Å². The number of ether oxygens (including phenoxy) is 1. The van der Waals surface area contributed by atoms with Crippen molar-refractivity contribution in [2.24, 2.45) is 29.6 Å². The summed E-state index contributed by atoms with van der Waals surface area (Å²) in [5.74, 6) is 5.30. The molecule has 1 heteroatoms. The van der Waals surface area contributed by atoms with E-state index in [2.05, 4.69) is 13.8 Å². The molecule has 0 aromatic rings. The molecule has 0 amide bonds. The van der Waals surface area contributed by atoms with Crippen LogP contribution in [0.2, 0.25) is 0 Å². The molecule has 3 fully saturated rings. The minimum absolute atomic E-state index is 0.596. The molecule has 0 aromatic heterocycles. The molecule has 3 saturated carbocycles. The van der Waals surface area contributed by atoms with E-state index < -0.39 is 0 Å². The van der Waals surface area contributed by atoms with Crippen LogP contribution in [0, 0.1) is 29.6 Å². The summed E-state index contributed by atoms with van der Waals surface area (Å²) in [6.45, 7) is 5.62. The van der Waals surface area contributed by atoms with Crippen molar-refractivity contribution >= 4 is 0 Å². The molecule has 0 spiro atoms. The van der Waals surface area contributed by atoms with Crippen LogP contribution in [0.1, 0.15) is 123 Å². The van der Waals surface area contributed by atoms with E-state index in [1.54, 1.807) is 25.7 Å². The maximum absolute atomic E-state index is 6.26. The Morgan fingerprint density at radius 3 is 2.07 bits per heavy atom. The first kappa shape index (κ1) is 21.7. The average Bonchev–Trinajstić information content (AvgIpc) is 2.70. The Bertz CT molecular complexity index is 392. The van der Waals surface area contributed by atoms with Gasteiger partial charge in [0.2, 0.25) is 0 Å². The summed E-state index contributed by atoms with van der Waals surface area (Å²) in [6, 6.07) is 0. The van der Waals surface area contributed by atoms with Gasteiger partial charge >= 0.3 is 0 Å². The quantitative estimate of drug-likeness (QED) is 0.330. The van der Waals surface area contributed by atoms with Crippen molar-refractivity contribution in [3.05, 3.63) is 0 Å². The van der Waals surface area contributed by atoms with Crippen molar-refractivity contribution < 1.29 is 4.74 Å². The minimum atomic E-state index is 0.596. The Labute approximate surface area is 170 Å². The molecule has 1 nitrogen and oxygen atoms in total. The normalized spacial score (nSPS) is 36.2. The summed E-state index contributed by atoms with van der Waals surface area (Å²) >= 11 is 0. The first-order valence-corrected chi connectivity index (χ1v) is 12.9. The molecule has 0 radical (unpaired) electrons. The van der Waals surface area contributed by atoms with Gasteiger partial charge in [-0.3, -0.25) is 0 Å². The van der Waals surface area contributed by atoms with Crippen LogP contribution in [0.4, 0.5) is 0 Å². The SMILES string of the molecule is CCCCCCC[C@H]1CCC2C(CCC3C[C@@H](OCCCCC)CCC32)C1. The maximum atomic E-state index is 6.26. The second kappa shape index (κ2) is 11.8. The first-order chi connectivity index (χ1) is 13.3. The van der Waals surface area contributed by atoms with Crippen LogP contribution in [0.5, 0.6) is 0 Å². The van der Waals surface area contributed by atoms with Gasteiger partial charge < -0.3 is 4.74 Å². The van der Waals surface area contributed by atoms with Crippen molar-refractivity contribution in [3.63, 3.8) is 0 Å². The van der Waals surface area contributed by atoms with Gasteiger partial charge in [0, 0.05) is 6.61 Å². The molecule has 0 N–H and O–H groups in total. The number of fused-ring (bicyclic) bond motifs is 3. The molecule has 3 aliphatic carbocycles. The van der Waals surface area contributed by atoms with E-state index in [1.807, 2.05) is 0 Å². The summed E-state index contributed by atoms with van der Waals surface area (Å²) < 4.78 is 6.26. The molecule has 3 aliphatic rings. The highest BCUT2D eigenvalue weighted by Gasteiger charge is 2.44. The largest absolute Gasteiger partial charge is 0.378 e. The highest BCUT2D eigenvalue weighted by Crippen LogP contribution is 2.53. The van der Waals surface area contributed by atoms with Crippen molar-refractivity contribution in [2.45, 2.75) is 129 Å². The van der Waals surface area contributed by atoms with E-state index >= 15 is 0 Å². The monoisotopic (exact) mass is 376 g/mol. The van der Waals surface area contributed by atoms with Gasteiger partial charge in [0.05, 0.1) is 6.10 Å². The van der Waals surface area contributed by atoms with E-state index in [9.17, 15) is 0 Å². The molecule has 0 aliphatic heterocycles. The third kappa shape index (κ3) is 6.48. The van der Waals surface area contributed by atoms with Crippen LogP contribution < -0.4 is 0 Å². The Morgan fingerprint density at radius 1 is 0.630 bits per heavy atom. The molecule has 6 atom stereocenters. The Kier molecular flexibility index (Phi) is 9.50. The van der Waals surface area contributed by atoms with Gasteiger partial charge in [0.1, 0.15) is 0 Å². The lowest BCUT2D eigenvalue weighted by Gasteiger charge is -2.50. The third-order valence-corrected chi connectivity index (χ3v) is 8.42. The van der Waals surface area contributed by atoms with E-state index in [-0.39, 0.29) is 0 Å². The molecule has 3 rings (SSSR count). The smallest absolute Gasteiger partial charge is 0.0578 e. The average molecular weight is 377 g/mol. The maximum Gasteiger partial charge on any atom is 0.0578 e. The fourth-order valence-corrected chi connectivity index (χ4v) is 6.90. The third-order valence-electron chi connectivity index (χ3n) is 8.42. The van der Waals surface area contributed by atoms with Crippen molar-refractivity contribution in [1.82, 2.24) is 0 Å². The lowest BCUT2D eigenvalue weighted by Crippen LogP contribution is -2.42. The van der Waals surface area contributed by atoms with Crippen molar-refractivity contribution in [3.8, 4) is 0 Å². The fourth-order valence-electron chi connectivity index (χ4n) is 6.90. The second-order valence-corrected chi connectivity index (χ2v) is 10.3. The molecule has 0 bridgehead atoms. The number of hydrogen-bond donors (Lipinski definition) is 0. The highest BCUT2D eigenvalue weighted by molar-refractivity contribution is 4.94. The molecular formula is C26H48O. The summed E-state index contributed by atoms with van der Waals surface area (Å²) in [4.78, 5) is 0. The van der Waals surface area contributed by atoms with Gasteiger partial charge in [0.25, 0.3) is 0 Å². The predicted octanol–water partition coefficient (Wildman–Crippen LogP) is 8.16. The molecule has 0 saturated heterocycles. The Morgan fingerprint density at radius 2 is 1.30 bits per heavy atom. The summed E-state index contributed by atoms with van der Waals surface area (Å²) in [6.07, 6.45) is 25.3. The van der Waals surface area contributed by atoms with Crippen LogP contribution in [0.25, 0.3) is 0 Å². The minimum Gasteiger partial charge on any atom is -0.378 e. The standard InChI is InChI=1S/C26H48O/c1-3-5-7-8-9-11-21-12-16-25-22(19-21)13-14-23-20-24(15-17-26(23)25)27-18-10-6-4-2/h21-26H,3-20H2,1-2H3/t21-,22?,23?,24-,25?,26?/m0/s1. The van der Waals surface area contributed by atoms with E-state index in [0.29, 0.717) is 6.10 Å². The fraction of sp³-hybridized carbons (Fsp3) is 1.00. The number of rotatable bonds is 11. The van der Waals surface area contributed by atoms with Crippen LogP contribution in [-0.2, 0) is 4.74 Å². The van der Waals surface area contributed by atoms with Crippen LogP contribution in [0.3, 0.4) is 0 Å². The van der Waals surface area contributed by atoms with Crippen molar-refractivity contribution in [1.29, 1.82) is 0 Å². The lowest BCUT2D eigenvalue weighted by molar-refractivity contribution is -0.0539. The van der Waals surface area contributed by atoms with Gasteiger partial charge in [-0.2, -0.15) is 0 Å². The van der Waals surface area contributed by atoms with Gasteiger partial charge in [-0.1, -0.05) is 71.6 Å². The van der Waals surface area contributed by atoms with E-state index in [4.69, 9.17) is 4.74 Å². The first-order valence-electron chi connectivity index (χ1n) is 12.9. The summed E-state index contributed by atoms with van der Waals surface area (Å²) in [7, 11) is 0. The Balaban J connectivity index is 1.37. The molecule has 0 heterocycles. The zero-order valence-electron chi connectivity index (χ0n) is 18.6. The molecule has 158 valence electrons. The van der Waals surface area contributed by atoms with Gasteiger partial charge in [-0.25, -0.2) is 0 Å². The zero-order chi connectivity index (χ0) is 18.9. The van der Waals surface area contributed by atoms with Crippen molar-refractivity contribution in [2.75, 3.05) is 6.61 Å². The van der Waals surface area contributed by atoms with Gasteiger partial charge in [-0.05, 0) is 81.0 Å². The zero-order valence-corrected chi connectivity index (χ0v) is 18.6. The molecular weight excluding hydrogens is 328 g/mol. The van der Waals surface area contributed by atoms with E-state index in [0.717, 1.165) is 36.2 Å². The number of unbranched alkanes of at least 4 members (excludes halogenated alkanes) is 6. The molecule has 4 unspecified atom stereocenters. The van der Waals surface area contributed by atoms with Crippen LogP contribution in [-0.4, -0.2) is 12.7 Å². The summed E-state index contributed by atoms with van der Waals surface area (Å²) in [5.41, 5.74) is 0. The number of hydrogen-bond acceptors (Lipinski definition) is 1. The Hall–Kier alpha value is -0.0400. The summed E-state index contributed by atoms with van der Waals surface area (Å²) in [5, 5.41) is 0. The van der Waals surface area contributed by atoms with Crippen LogP contribution >= 0.6 is 0 Å². The molecule has 27 heavy (non-hydrogen) atoms. The van der Waals surface area contributed by atoms with Gasteiger partial charge in [0.15, 0.2) is 0 Å².